The van der Waals surface area contributed by atoms with Crippen LogP contribution in [0.3, 0.4) is 0 Å². The van der Waals surface area contributed by atoms with E-state index in [0.29, 0.717) is 0 Å². The lowest BCUT2D eigenvalue weighted by Crippen LogP contribution is -2.06. The summed E-state index contributed by atoms with van der Waals surface area (Å²) in [4.78, 5) is 0. The average Bonchev–Trinajstić information content (AvgIpc) is 2.73. The molecule has 0 saturated heterocycles. The van der Waals surface area contributed by atoms with Gasteiger partial charge in [-0.25, -0.2) is 0 Å². The molecule has 0 unspecified atom stereocenters. The maximum atomic E-state index is 6.30. The maximum Gasteiger partial charge on any atom is 0.126 e. The maximum absolute atomic E-state index is 6.30. The Balaban J connectivity index is 3.12. The Labute approximate surface area is 193 Å². The topological polar surface area (TPSA) is 18.5 Å². The summed E-state index contributed by atoms with van der Waals surface area (Å²) in [5, 5.41) is 0. The zero-order valence-corrected chi connectivity index (χ0v) is 21.3. The first-order chi connectivity index (χ1) is 15.0. The summed E-state index contributed by atoms with van der Waals surface area (Å²) in [5.41, 5.74) is 5.39. The van der Waals surface area contributed by atoms with Crippen molar-refractivity contribution < 1.29 is 9.47 Å². The highest BCUT2D eigenvalue weighted by Crippen LogP contribution is 2.33. The second-order valence-corrected chi connectivity index (χ2v) is 9.01. The molecule has 0 aliphatic carbocycles. The molecular weight excluding hydrogens is 380 g/mol. The molecule has 0 aromatic heterocycles. The van der Waals surface area contributed by atoms with Gasteiger partial charge in [0.05, 0.1) is 13.2 Å². The fourth-order valence-corrected chi connectivity index (χ4v) is 3.48. The molecule has 0 spiro atoms. The van der Waals surface area contributed by atoms with E-state index in [0.717, 1.165) is 76.1 Å². The van der Waals surface area contributed by atoms with Crippen molar-refractivity contribution in [2.45, 2.75) is 112 Å². The van der Waals surface area contributed by atoms with E-state index in [2.05, 4.69) is 65.8 Å². The Hall–Kier alpha value is -1.70. The Morgan fingerprint density at radius 1 is 0.774 bits per heavy atom. The van der Waals surface area contributed by atoms with Gasteiger partial charge in [0, 0.05) is 5.56 Å². The second kappa shape index (κ2) is 16.9. The Bertz CT molecular complexity index is 634. The molecule has 0 aliphatic heterocycles. The zero-order chi connectivity index (χ0) is 22.9. The van der Waals surface area contributed by atoms with Gasteiger partial charge in [-0.15, -0.1) is 0 Å². The van der Waals surface area contributed by atoms with Gasteiger partial charge in [-0.1, -0.05) is 69.8 Å². The number of aryl methyl sites for hydroxylation is 1. The van der Waals surface area contributed by atoms with Gasteiger partial charge in [0.15, 0.2) is 0 Å². The smallest absolute Gasteiger partial charge is 0.126 e. The van der Waals surface area contributed by atoms with E-state index in [1.165, 1.54) is 41.5 Å². The van der Waals surface area contributed by atoms with E-state index in [9.17, 15) is 0 Å². The van der Waals surface area contributed by atoms with Crippen LogP contribution in [0.15, 0.2) is 35.4 Å². The minimum absolute atomic E-state index is 0.777. The van der Waals surface area contributed by atoms with E-state index in [-0.39, 0.29) is 0 Å². The van der Waals surface area contributed by atoms with E-state index in [4.69, 9.17) is 9.47 Å². The van der Waals surface area contributed by atoms with Gasteiger partial charge in [0.1, 0.15) is 11.5 Å². The molecule has 0 atom stereocenters. The van der Waals surface area contributed by atoms with Gasteiger partial charge in [-0.3, -0.25) is 0 Å². The highest BCUT2D eigenvalue weighted by atomic mass is 16.5. The van der Waals surface area contributed by atoms with Crippen molar-refractivity contribution in [3.63, 3.8) is 0 Å². The molecule has 2 heteroatoms. The quantitative estimate of drug-likeness (QED) is 0.182. The SMILES string of the molecule is CCCCCc1cc(OCCCC)c(CC=C(C)CCC=C(C)C)c(OCCCC)c1. The molecule has 0 N–H and O–H groups in total. The van der Waals surface area contributed by atoms with Gasteiger partial charge in [-0.05, 0) is 83.4 Å². The first-order valence-electron chi connectivity index (χ1n) is 12.7. The van der Waals surface area contributed by atoms with Crippen molar-refractivity contribution in [1.29, 1.82) is 0 Å². The Morgan fingerprint density at radius 2 is 1.35 bits per heavy atom. The summed E-state index contributed by atoms with van der Waals surface area (Å²) < 4.78 is 12.6. The molecule has 0 radical (unpaired) electrons. The van der Waals surface area contributed by atoms with Crippen molar-refractivity contribution in [1.82, 2.24) is 0 Å². The zero-order valence-electron chi connectivity index (χ0n) is 21.3. The summed E-state index contributed by atoms with van der Waals surface area (Å²) in [6, 6.07) is 4.55. The number of hydrogen-bond donors (Lipinski definition) is 0. The highest BCUT2D eigenvalue weighted by Gasteiger charge is 2.13. The van der Waals surface area contributed by atoms with Crippen molar-refractivity contribution in [2.75, 3.05) is 13.2 Å². The molecule has 176 valence electrons. The fourth-order valence-electron chi connectivity index (χ4n) is 3.48. The number of ether oxygens (including phenoxy) is 2. The second-order valence-electron chi connectivity index (χ2n) is 9.01. The molecule has 0 fully saturated rings. The minimum atomic E-state index is 0.777. The monoisotopic (exact) mass is 428 g/mol. The lowest BCUT2D eigenvalue weighted by molar-refractivity contribution is 0.289. The summed E-state index contributed by atoms with van der Waals surface area (Å²) in [5.74, 6) is 2.06. The van der Waals surface area contributed by atoms with Gasteiger partial charge < -0.3 is 9.47 Å². The van der Waals surface area contributed by atoms with E-state index in [1.807, 2.05) is 0 Å². The van der Waals surface area contributed by atoms with E-state index in [1.54, 1.807) is 0 Å². The van der Waals surface area contributed by atoms with Crippen molar-refractivity contribution in [3.8, 4) is 11.5 Å². The van der Waals surface area contributed by atoms with Crippen LogP contribution in [0.5, 0.6) is 11.5 Å². The summed E-state index contributed by atoms with van der Waals surface area (Å²) in [6.45, 7) is 14.8. The Morgan fingerprint density at radius 3 is 1.87 bits per heavy atom. The first kappa shape index (κ1) is 27.3. The predicted octanol–water partition coefficient (Wildman–Crippen LogP) is 9.01. The van der Waals surface area contributed by atoms with Crippen molar-refractivity contribution in [3.05, 3.63) is 46.6 Å². The van der Waals surface area contributed by atoms with Crippen molar-refractivity contribution in [2.24, 2.45) is 0 Å². The van der Waals surface area contributed by atoms with Crippen LogP contribution in [0.25, 0.3) is 0 Å². The van der Waals surface area contributed by atoms with E-state index >= 15 is 0 Å². The fraction of sp³-hybridized carbons (Fsp3) is 0.655. The summed E-state index contributed by atoms with van der Waals surface area (Å²) in [7, 11) is 0. The number of benzene rings is 1. The molecule has 0 aliphatic rings. The van der Waals surface area contributed by atoms with Crippen LogP contribution in [0.2, 0.25) is 0 Å². The average molecular weight is 429 g/mol. The molecule has 1 aromatic rings. The third kappa shape index (κ3) is 12.1. The lowest BCUT2D eigenvalue weighted by atomic mass is 10.00. The first-order valence-corrected chi connectivity index (χ1v) is 12.7. The standard InChI is InChI=1S/C29H48O2/c1-7-10-13-17-26-22-28(30-20-11-8-2)27(29(23-26)31-21-12-9-3)19-18-25(6)16-14-15-24(4)5/h15,18,22-23H,7-14,16-17,19-21H2,1-6H3. The van der Waals surface area contributed by atoms with Gasteiger partial charge in [0.2, 0.25) is 0 Å². The Kier molecular flexibility index (Phi) is 14.9. The van der Waals surface area contributed by atoms with Crippen LogP contribution < -0.4 is 9.47 Å². The third-order valence-electron chi connectivity index (χ3n) is 5.55. The van der Waals surface area contributed by atoms with Crippen LogP contribution in [-0.2, 0) is 12.8 Å². The molecule has 1 aromatic carbocycles. The van der Waals surface area contributed by atoms with Crippen LogP contribution in [0.4, 0.5) is 0 Å². The summed E-state index contributed by atoms with van der Waals surface area (Å²) in [6.07, 6.45) is 17.1. The van der Waals surface area contributed by atoms with Crippen molar-refractivity contribution >= 4 is 0 Å². The van der Waals surface area contributed by atoms with E-state index < -0.39 is 0 Å². The van der Waals surface area contributed by atoms with Crippen LogP contribution >= 0.6 is 0 Å². The molecule has 0 saturated carbocycles. The molecular formula is C29H48O2. The lowest BCUT2D eigenvalue weighted by Gasteiger charge is -2.18. The summed E-state index contributed by atoms with van der Waals surface area (Å²) >= 11 is 0. The van der Waals surface area contributed by atoms with Crippen LogP contribution in [0, 0.1) is 0 Å². The molecule has 31 heavy (non-hydrogen) atoms. The molecule has 0 bridgehead atoms. The van der Waals surface area contributed by atoms with Gasteiger partial charge in [0.25, 0.3) is 0 Å². The number of unbranched alkanes of at least 4 members (excludes halogenated alkanes) is 4. The minimum Gasteiger partial charge on any atom is -0.493 e. The third-order valence-corrected chi connectivity index (χ3v) is 5.55. The molecule has 0 amide bonds. The molecule has 1 rings (SSSR count). The predicted molar refractivity (Wildman–Crippen MR) is 137 cm³/mol. The van der Waals surface area contributed by atoms with Crippen LogP contribution in [0.1, 0.15) is 110 Å². The van der Waals surface area contributed by atoms with Crippen LogP contribution in [-0.4, -0.2) is 13.2 Å². The largest absolute Gasteiger partial charge is 0.493 e. The van der Waals surface area contributed by atoms with Gasteiger partial charge in [-0.2, -0.15) is 0 Å². The molecule has 2 nitrogen and oxygen atoms in total. The number of allylic oxidation sites excluding steroid dienone is 4. The normalized spacial score (nSPS) is 11.5. The number of hydrogen-bond acceptors (Lipinski definition) is 2. The molecule has 0 heterocycles. The number of rotatable bonds is 17. The highest BCUT2D eigenvalue weighted by molar-refractivity contribution is 5.49. The van der Waals surface area contributed by atoms with Gasteiger partial charge >= 0.3 is 0 Å².